The molecule has 1 N–H and O–H groups in total. The van der Waals surface area contributed by atoms with Gasteiger partial charge in [0, 0.05) is 18.6 Å². The summed E-state index contributed by atoms with van der Waals surface area (Å²) < 4.78 is 4.66. The van der Waals surface area contributed by atoms with Crippen molar-refractivity contribution < 1.29 is 14.3 Å². The molecule has 0 aromatic rings. The van der Waals surface area contributed by atoms with Gasteiger partial charge in [-0.3, -0.25) is 9.59 Å². The largest absolute Gasteiger partial charge is 0.469 e. The normalized spacial score (nSPS) is 12.6. The van der Waals surface area contributed by atoms with Crippen molar-refractivity contribution in [1.82, 2.24) is 10.2 Å². The Hall–Kier alpha value is -2.12. The highest BCUT2D eigenvalue weighted by Gasteiger charge is 2.27. The van der Waals surface area contributed by atoms with Crippen LogP contribution >= 0.6 is 0 Å². The molecule has 1 atom stereocenters. The van der Waals surface area contributed by atoms with Crippen LogP contribution in [0.5, 0.6) is 0 Å². The van der Waals surface area contributed by atoms with Gasteiger partial charge in [0.2, 0.25) is 5.91 Å². The number of methoxy groups -OCH3 is 1. The first-order valence-corrected chi connectivity index (χ1v) is 7.26. The van der Waals surface area contributed by atoms with Crippen molar-refractivity contribution in [2.24, 2.45) is 0 Å². The number of esters is 1. The Morgan fingerprint density at radius 2 is 1.77 bits per heavy atom. The molecular formula is C15H24N4O3. The number of ether oxygens (including phenoxy) is 1. The maximum absolute atomic E-state index is 12.2. The lowest BCUT2D eigenvalue weighted by molar-refractivity contribution is -0.142. The summed E-state index contributed by atoms with van der Waals surface area (Å²) in [4.78, 5) is 25.1. The molecule has 0 aliphatic rings. The highest BCUT2D eigenvalue weighted by atomic mass is 16.5. The molecule has 0 saturated heterocycles. The molecule has 0 bridgehead atoms. The first kappa shape index (κ1) is 19.9. The quantitative estimate of drug-likeness (QED) is 0.603. The second kappa shape index (κ2) is 10.6. The zero-order chi connectivity index (χ0) is 17.0. The van der Waals surface area contributed by atoms with Gasteiger partial charge in [0.1, 0.15) is 0 Å². The minimum atomic E-state index is -0.529. The van der Waals surface area contributed by atoms with E-state index in [0.29, 0.717) is 19.5 Å². The lowest BCUT2D eigenvalue weighted by Crippen LogP contribution is -2.49. The fraction of sp³-hybridized carbons (Fsp3) is 0.733. The van der Waals surface area contributed by atoms with Crippen molar-refractivity contribution in [2.75, 3.05) is 26.7 Å². The van der Waals surface area contributed by atoms with Crippen molar-refractivity contribution in [3.8, 4) is 12.1 Å². The van der Waals surface area contributed by atoms with Crippen LogP contribution in [0.2, 0.25) is 0 Å². The summed E-state index contributed by atoms with van der Waals surface area (Å²) in [7, 11) is 1.33. The lowest BCUT2D eigenvalue weighted by atomic mass is 9.94. The van der Waals surface area contributed by atoms with E-state index in [1.807, 2.05) is 26.0 Å². The zero-order valence-electron chi connectivity index (χ0n) is 13.5. The summed E-state index contributed by atoms with van der Waals surface area (Å²) in [6, 6.07) is 3.98. The highest BCUT2D eigenvalue weighted by Crippen LogP contribution is 2.15. The van der Waals surface area contributed by atoms with Crippen LogP contribution in [-0.2, 0) is 14.3 Å². The summed E-state index contributed by atoms with van der Waals surface area (Å²) in [6.07, 6.45) is 1.28. The number of nitrogens with one attached hydrogen (secondary N) is 1. The smallest absolute Gasteiger partial charge is 0.307 e. The van der Waals surface area contributed by atoms with Gasteiger partial charge in [-0.1, -0.05) is 6.92 Å². The number of hydrogen-bond acceptors (Lipinski definition) is 6. The Labute approximate surface area is 131 Å². The number of rotatable bonds is 10. The third-order valence-electron chi connectivity index (χ3n) is 3.55. The van der Waals surface area contributed by atoms with E-state index < -0.39 is 5.54 Å². The lowest BCUT2D eigenvalue weighted by Gasteiger charge is -2.30. The summed E-state index contributed by atoms with van der Waals surface area (Å²) in [5.41, 5.74) is -0.529. The summed E-state index contributed by atoms with van der Waals surface area (Å²) in [6.45, 7) is 4.44. The van der Waals surface area contributed by atoms with Gasteiger partial charge in [-0.15, -0.1) is 0 Å². The minimum Gasteiger partial charge on any atom is -0.469 e. The molecule has 7 heteroatoms. The van der Waals surface area contributed by atoms with Crippen LogP contribution < -0.4 is 5.32 Å². The second-order valence-corrected chi connectivity index (χ2v) is 5.22. The van der Waals surface area contributed by atoms with Crippen molar-refractivity contribution in [2.45, 2.75) is 45.1 Å². The van der Waals surface area contributed by atoms with E-state index in [1.54, 1.807) is 0 Å². The molecular weight excluding hydrogens is 284 g/mol. The predicted molar refractivity (Wildman–Crippen MR) is 80.4 cm³/mol. The number of amides is 1. The van der Waals surface area contributed by atoms with Crippen LogP contribution in [0.25, 0.3) is 0 Å². The van der Waals surface area contributed by atoms with Crippen LogP contribution in [0.1, 0.15) is 39.5 Å². The van der Waals surface area contributed by atoms with Gasteiger partial charge < -0.3 is 15.0 Å². The minimum absolute atomic E-state index is 0.0538. The molecule has 0 aromatic heterocycles. The van der Waals surface area contributed by atoms with E-state index in [2.05, 4.69) is 10.1 Å². The molecule has 1 amide bonds. The monoisotopic (exact) mass is 308 g/mol. The molecule has 0 saturated carbocycles. The van der Waals surface area contributed by atoms with Gasteiger partial charge in [-0.25, -0.2) is 0 Å². The zero-order valence-corrected chi connectivity index (χ0v) is 13.5. The van der Waals surface area contributed by atoms with E-state index in [4.69, 9.17) is 10.5 Å². The fourth-order valence-electron chi connectivity index (χ4n) is 1.84. The molecule has 122 valence electrons. The summed E-state index contributed by atoms with van der Waals surface area (Å²) in [5.74, 6) is -0.523. The molecule has 0 aliphatic carbocycles. The van der Waals surface area contributed by atoms with Gasteiger partial charge in [0.15, 0.2) is 0 Å². The van der Waals surface area contributed by atoms with Crippen LogP contribution in [0.3, 0.4) is 0 Å². The Kier molecular flexibility index (Phi) is 9.56. The number of carbonyl (C=O) groups is 2. The maximum Gasteiger partial charge on any atom is 0.307 e. The average Bonchev–Trinajstić information content (AvgIpc) is 2.52. The molecule has 0 aliphatic heterocycles. The molecule has 1 unspecified atom stereocenters. The first-order valence-electron chi connectivity index (χ1n) is 7.26. The Morgan fingerprint density at radius 3 is 2.18 bits per heavy atom. The van der Waals surface area contributed by atoms with Crippen LogP contribution in [-0.4, -0.2) is 49.1 Å². The van der Waals surface area contributed by atoms with E-state index in [9.17, 15) is 9.59 Å². The SMILES string of the molecule is CCC(C)(CC(=O)OC)NCC(=O)N(CCC#N)CCC#N. The highest BCUT2D eigenvalue weighted by molar-refractivity contribution is 5.78. The second-order valence-electron chi connectivity index (χ2n) is 5.22. The van der Waals surface area contributed by atoms with Crippen molar-refractivity contribution in [3.63, 3.8) is 0 Å². The van der Waals surface area contributed by atoms with E-state index in [1.165, 1.54) is 12.0 Å². The van der Waals surface area contributed by atoms with Crippen molar-refractivity contribution in [3.05, 3.63) is 0 Å². The molecule has 0 heterocycles. The molecule has 0 radical (unpaired) electrons. The van der Waals surface area contributed by atoms with E-state index in [0.717, 1.165) is 0 Å². The number of carbonyl (C=O) groups excluding carboxylic acids is 2. The molecule has 22 heavy (non-hydrogen) atoms. The predicted octanol–water partition coefficient (Wildman–Crippen LogP) is 0.964. The first-order chi connectivity index (χ1) is 10.4. The average molecular weight is 308 g/mol. The topological polar surface area (TPSA) is 106 Å². The van der Waals surface area contributed by atoms with Gasteiger partial charge >= 0.3 is 5.97 Å². The Morgan fingerprint density at radius 1 is 1.23 bits per heavy atom. The number of nitriles is 2. The Bertz CT molecular complexity index is 435. The van der Waals surface area contributed by atoms with Crippen LogP contribution in [0, 0.1) is 22.7 Å². The van der Waals surface area contributed by atoms with Crippen molar-refractivity contribution >= 4 is 11.9 Å². The summed E-state index contributed by atoms with van der Waals surface area (Å²) >= 11 is 0. The fourth-order valence-corrected chi connectivity index (χ4v) is 1.84. The molecule has 0 fully saturated rings. The van der Waals surface area contributed by atoms with Gasteiger partial charge in [0.25, 0.3) is 0 Å². The van der Waals surface area contributed by atoms with Crippen LogP contribution in [0.4, 0.5) is 0 Å². The van der Waals surface area contributed by atoms with Gasteiger partial charge in [-0.2, -0.15) is 10.5 Å². The molecule has 0 aromatic carbocycles. The molecule has 7 nitrogen and oxygen atoms in total. The van der Waals surface area contributed by atoms with Crippen LogP contribution in [0.15, 0.2) is 0 Å². The third kappa shape index (κ3) is 7.61. The standard InChI is InChI=1S/C15H24N4O3/c1-4-15(2,11-14(21)22-3)18-12-13(20)19(9-5-7-16)10-6-8-17/h18H,4-6,9-12H2,1-3H3. The Balaban J connectivity index is 4.60. The molecule has 0 rings (SSSR count). The molecule has 0 spiro atoms. The van der Waals surface area contributed by atoms with Gasteiger partial charge in [0.05, 0.1) is 45.1 Å². The van der Waals surface area contributed by atoms with Gasteiger partial charge in [-0.05, 0) is 13.3 Å². The maximum atomic E-state index is 12.2. The van der Waals surface area contributed by atoms with E-state index >= 15 is 0 Å². The summed E-state index contributed by atoms with van der Waals surface area (Å²) in [5, 5.41) is 20.3. The van der Waals surface area contributed by atoms with E-state index in [-0.39, 0.29) is 37.7 Å². The van der Waals surface area contributed by atoms with Crippen molar-refractivity contribution in [1.29, 1.82) is 10.5 Å². The third-order valence-corrected chi connectivity index (χ3v) is 3.55. The number of hydrogen-bond donors (Lipinski definition) is 1. The number of nitrogens with zero attached hydrogens (tertiary/aromatic N) is 3.